The largest absolute Gasteiger partial charge is 0.480 e. The topological polar surface area (TPSA) is 40.5 Å². The molecule has 0 aliphatic heterocycles. The third-order valence-corrected chi connectivity index (χ3v) is 1.91. The molecule has 0 rings (SSSR count). The van der Waals surface area contributed by atoms with Crippen LogP contribution in [0.3, 0.4) is 0 Å². The van der Waals surface area contributed by atoms with E-state index in [0.717, 1.165) is 6.42 Å². The Hall–Kier alpha value is -1.35. The summed E-state index contributed by atoms with van der Waals surface area (Å²) in [5.41, 5.74) is 0. The van der Waals surface area contributed by atoms with E-state index in [-0.39, 0.29) is 0 Å². The number of rotatable bonds is 6. The average molecular weight is 225 g/mol. The Morgan fingerprint density at radius 3 is 2.38 bits per heavy atom. The lowest BCUT2D eigenvalue weighted by Gasteiger charge is -2.20. The van der Waals surface area contributed by atoms with Gasteiger partial charge in [-0.25, -0.2) is 0 Å². The lowest BCUT2D eigenvalue weighted by Crippen LogP contribution is -2.36. The van der Waals surface area contributed by atoms with Gasteiger partial charge in [-0.3, -0.25) is 9.69 Å². The van der Waals surface area contributed by atoms with Crippen molar-refractivity contribution in [3.05, 3.63) is 37.5 Å². The number of hydrogen-bond acceptors (Lipinski definition) is 2. The summed E-state index contributed by atoms with van der Waals surface area (Å²) in [7, 11) is 1.80. The van der Waals surface area contributed by atoms with Crippen LogP contribution in [-0.2, 0) is 4.79 Å². The van der Waals surface area contributed by atoms with E-state index in [9.17, 15) is 4.79 Å². The average Bonchev–Trinajstić information content (AvgIpc) is 2.29. The van der Waals surface area contributed by atoms with Crippen LogP contribution in [0.4, 0.5) is 0 Å². The minimum atomic E-state index is -0.804. The minimum absolute atomic E-state index is 0.522. The number of carbonyl (C=O) groups is 1. The van der Waals surface area contributed by atoms with Gasteiger partial charge in [-0.2, -0.15) is 0 Å². The second-order valence-electron chi connectivity index (χ2n) is 3.13. The van der Waals surface area contributed by atoms with Crippen molar-refractivity contribution in [3.63, 3.8) is 0 Å². The Morgan fingerprint density at radius 1 is 1.44 bits per heavy atom. The van der Waals surface area contributed by atoms with Gasteiger partial charge in [-0.05, 0) is 20.4 Å². The van der Waals surface area contributed by atoms with Crippen LogP contribution < -0.4 is 0 Å². The monoisotopic (exact) mass is 225 g/mol. The summed E-state index contributed by atoms with van der Waals surface area (Å²) in [4.78, 5) is 12.7. The number of likely N-dealkylation sites (N-methyl/N-ethyl adjacent to an activating group) is 1. The third kappa shape index (κ3) is 8.00. The lowest BCUT2D eigenvalue weighted by atomic mass is 10.2. The first-order chi connectivity index (χ1) is 7.63. The molecule has 0 amide bonds. The number of allylic oxidation sites excluding steroid dienone is 2. The SMILES string of the molecule is C/C=C/CN(C)C(/C=C/CC)C(=O)O.C=C. The van der Waals surface area contributed by atoms with Crippen molar-refractivity contribution in [2.24, 2.45) is 0 Å². The molecule has 3 heteroatoms. The molecule has 0 aromatic rings. The zero-order chi connectivity index (χ0) is 13.0. The zero-order valence-electron chi connectivity index (χ0n) is 10.5. The number of hydrogen-bond donors (Lipinski definition) is 1. The Labute approximate surface area is 98.8 Å². The minimum Gasteiger partial charge on any atom is -0.480 e. The smallest absolute Gasteiger partial charge is 0.324 e. The summed E-state index contributed by atoms with van der Waals surface area (Å²) in [6.07, 6.45) is 8.33. The number of carboxylic acid groups (broad SMARTS) is 1. The van der Waals surface area contributed by atoms with Crippen molar-refractivity contribution in [1.29, 1.82) is 0 Å². The molecule has 0 aromatic heterocycles. The molecular weight excluding hydrogens is 202 g/mol. The van der Waals surface area contributed by atoms with Crippen LogP contribution in [-0.4, -0.2) is 35.6 Å². The summed E-state index contributed by atoms with van der Waals surface area (Å²) in [5.74, 6) is -0.804. The second kappa shape index (κ2) is 11.7. The van der Waals surface area contributed by atoms with Gasteiger partial charge >= 0.3 is 5.97 Å². The first-order valence-corrected chi connectivity index (χ1v) is 5.34. The van der Waals surface area contributed by atoms with Gasteiger partial charge in [0.25, 0.3) is 0 Å². The van der Waals surface area contributed by atoms with Crippen LogP contribution in [0.1, 0.15) is 20.3 Å². The van der Waals surface area contributed by atoms with Crippen molar-refractivity contribution >= 4 is 5.97 Å². The number of carboxylic acids is 1. The fourth-order valence-corrected chi connectivity index (χ4v) is 1.07. The van der Waals surface area contributed by atoms with E-state index >= 15 is 0 Å². The summed E-state index contributed by atoms with van der Waals surface area (Å²) in [6, 6.07) is -0.522. The first-order valence-electron chi connectivity index (χ1n) is 5.34. The van der Waals surface area contributed by atoms with E-state index in [2.05, 4.69) is 13.2 Å². The highest BCUT2D eigenvalue weighted by molar-refractivity contribution is 5.75. The maximum Gasteiger partial charge on any atom is 0.324 e. The van der Waals surface area contributed by atoms with E-state index in [1.165, 1.54) is 0 Å². The van der Waals surface area contributed by atoms with Crippen molar-refractivity contribution in [3.8, 4) is 0 Å². The molecule has 0 aliphatic rings. The fraction of sp³-hybridized carbons (Fsp3) is 0.462. The molecular formula is C13H23NO2. The molecule has 1 N–H and O–H groups in total. The molecule has 0 saturated heterocycles. The van der Waals surface area contributed by atoms with Crippen molar-refractivity contribution in [2.75, 3.05) is 13.6 Å². The van der Waals surface area contributed by atoms with Gasteiger partial charge in [0.1, 0.15) is 6.04 Å². The quantitative estimate of drug-likeness (QED) is 0.707. The molecule has 1 atom stereocenters. The van der Waals surface area contributed by atoms with E-state index in [1.807, 2.05) is 32.1 Å². The summed E-state index contributed by atoms with van der Waals surface area (Å²) in [6.45, 7) is 10.6. The van der Waals surface area contributed by atoms with Gasteiger partial charge in [-0.15, -0.1) is 13.2 Å². The van der Waals surface area contributed by atoms with E-state index in [4.69, 9.17) is 5.11 Å². The second-order valence-corrected chi connectivity index (χ2v) is 3.13. The molecule has 0 aromatic carbocycles. The fourth-order valence-electron chi connectivity index (χ4n) is 1.07. The molecule has 0 bridgehead atoms. The summed E-state index contributed by atoms with van der Waals surface area (Å²) in [5, 5.41) is 8.95. The van der Waals surface area contributed by atoms with Gasteiger partial charge in [0.15, 0.2) is 0 Å². The maximum atomic E-state index is 10.9. The predicted molar refractivity (Wildman–Crippen MR) is 69.6 cm³/mol. The zero-order valence-corrected chi connectivity index (χ0v) is 10.5. The van der Waals surface area contributed by atoms with Crippen molar-refractivity contribution < 1.29 is 9.90 Å². The number of aliphatic carboxylic acids is 1. The van der Waals surface area contributed by atoms with Crippen LogP contribution >= 0.6 is 0 Å². The molecule has 0 fully saturated rings. The highest BCUT2D eigenvalue weighted by Crippen LogP contribution is 2.00. The Balaban J connectivity index is 0. The molecule has 3 nitrogen and oxygen atoms in total. The Bertz CT molecular complexity index is 234. The molecule has 0 radical (unpaired) electrons. The van der Waals surface area contributed by atoms with E-state index in [0.29, 0.717) is 6.54 Å². The molecule has 0 aliphatic carbocycles. The Kier molecular flexibility index (Phi) is 12.5. The van der Waals surface area contributed by atoms with Crippen LogP contribution in [0.5, 0.6) is 0 Å². The third-order valence-electron chi connectivity index (χ3n) is 1.91. The molecule has 0 heterocycles. The van der Waals surface area contributed by atoms with Crippen molar-refractivity contribution in [1.82, 2.24) is 4.90 Å². The maximum absolute atomic E-state index is 10.9. The highest BCUT2D eigenvalue weighted by Gasteiger charge is 2.17. The molecule has 92 valence electrons. The first kappa shape index (κ1) is 17.1. The van der Waals surface area contributed by atoms with Crippen molar-refractivity contribution in [2.45, 2.75) is 26.3 Å². The van der Waals surface area contributed by atoms with Gasteiger partial charge in [-0.1, -0.05) is 31.2 Å². The lowest BCUT2D eigenvalue weighted by molar-refractivity contribution is -0.140. The summed E-state index contributed by atoms with van der Waals surface area (Å²) < 4.78 is 0. The molecule has 0 saturated carbocycles. The van der Waals surface area contributed by atoms with Gasteiger partial charge in [0, 0.05) is 6.54 Å². The number of nitrogens with zero attached hydrogens (tertiary/aromatic N) is 1. The van der Waals surface area contributed by atoms with Crippen LogP contribution in [0.25, 0.3) is 0 Å². The standard InChI is InChI=1S/C11H19NO2.C2H4/c1-4-6-8-10(11(13)14)12(3)9-7-5-2;1-2/h5-8,10H,4,9H2,1-3H3,(H,13,14);1-2H2/b7-5+,8-6+;. The van der Waals surface area contributed by atoms with E-state index < -0.39 is 12.0 Å². The highest BCUT2D eigenvalue weighted by atomic mass is 16.4. The molecule has 0 spiro atoms. The van der Waals surface area contributed by atoms with Crippen LogP contribution in [0.2, 0.25) is 0 Å². The Morgan fingerprint density at radius 2 is 2.00 bits per heavy atom. The molecule has 1 unspecified atom stereocenters. The van der Waals surface area contributed by atoms with Crippen LogP contribution in [0.15, 0.2) is 37.5 Å². The van der Waals surface area contributed by atoms with Gasteiger partial charge in [0.05, 0.1) is 0 Å². The normalized spacial score (nSPS) is 12.8. The van der Waals surface area contributed by atoms with Crippen LogP contribution in [0, 0.1) is 0 Å². The van der Waals surface area contributed by atoms with Gasteiger partial charge < -0.3 is 5.11 Å². The van der Waals surface area contributed by atoms with E-state index in [1.54, 1.807) is 18.0 Å². The predicted octanol–water partition coefficient (Wildman–Crippen LogP) is 2.72. The summed E-state index contributed by atoms with van der Waals surface area (Å²) >= 11 is 0. The molecule has 16 heavy (non-hydrogen) atoms. The van der Waals surface area contributed by atoms with Gasteiger partial charge in [0.2, 0.25) is 0 Å².